The maximum absolute atomic E-state index is 13.2. The van der Waals surface area contributed by atoms with Crippen molar-refractivity contribution in [3.05, 3.63) is 128 Å². The van der Waals surface area contributed by atoms with Gasteiger partial charge in [-0.2, -0.15) is 0 Å². The van der Waals surface area contributed by atoms with E-state index in [4.69, 9.17) is 35.4 Å². The lowest BCUT2D eigenvalue weighted by molar-refractivity contribution is 0.0707. The highest BCUT2D eigenvalue weighted by molar-refractivity contribution is 7.80. The second-order valence-electron chi connectivity index (χ2n) is 9.69. The molecule has 3 aromatic carbocycles. The molecule has 1 aliphatic carbocycles. The van der Waals surface area contributed by atoms with Gasteiger partial charge < -0.3 is 15.3 Å². The molecule has 0 fully saturated rings. The Morgan fingerprint density at radius 2 is 1.71 bits per heavy atom. The molecule has 1 aliphatic rings. The quantitative estimate of drug-likeness (QED) is 0.151. The number of nitrogens with one attached hydrogen (secondary N) is 3. The zero-order valence-electron chi connectivity index (χ0n) is 22.1. The third-order valence-corrected chi connectivity index (χ3v) is 7.72. The van der Waals surface area contributed by atoms with Gasteiger partial charge in [0.1, 0.15) is 0 Å². The first-order valence-corrected chi connectivity index (χ1v) is 14.4. The van der Waals surface area contributed by atoms with E-state index in [0.29, 0.717) is 28.1 Å². The third kappa shape index (κ3) is 6.97. The van der Waals surface area contributed by atoms with E-state index in [0.717, 1.165) is 29.5 Å². The molecule has 0 aliphatic heterocycles. The number of anilines is 1. The van der Waals surface area contributed by atoms with Crippen LogP contribution in [0.2, 0.25) is 10.0 Å². The summed E-state index contributed by atoms with van der Waals surface area (Å²) in [5.74, 6) is 0.0344. The van der Waals surface area contributed by atoms with E-state index in [1.165, 1.54) is 17.3 Å². The predicted molar refractivity (Wildman–Crippen MR) is 167 cm³/mol. The Balaban J connectivity index is 1.27. The van der Waals surface area contributed by atoms with Crippen LogP contribution in [0.3, 0.4) is 0 Å². The van der Waals surface area contributed by atoms with Gasteiger partial charge in [0, 0.05) is 24.3 Å². The molecule has 41 heavy (non-hydrogen) atoms. The molecule has 0 saturated heterocycles. The highest BCUT2D eigenvalue weighted by Gasteiger charge is 2.25. The fraction of sp³-hybridized carbons (Fsp3) is 0.194. The fourth-order valence-electron chi connectivity index (χ4n) is 4.99. The van der Waals surface area contributed by atoms with Crippen molar-refractivity contribution >= 4 is 52.3 Å². The van der Waals surface area contributed by atoms with Crippen molar-refractivity contribution in [2.24, 2.45) is 0 Å². The van der Waals surface area contributed by atoms with Crippen LogP contribution in [0.15, 0.2) is 85.1 Å². The summed E-state index contributed by atoms with van der Waals surface area (Å²) in [5, 5.41) is 14.2. The summed E-state index contributed by atoms with van der Waals surface area (Å²) in [6.07, 6.45) is 3.28. The summed E-state index contributed by atoms with van der Waals surface area (Å²) in [5.41, 5.74) is 11.9. The Morgan fingerprint density at radius 3 is 2.46 bits per heavy atom. The zero-order valence-corrected chi connectivity index (χ0v) is 24.4. The maximum atomic E-state index is 13.2. The number of pyridine rings is 1. The van der Waals surface area contributed by atoms with Gasteiger partial charge in [0.15, 0.2) is 10.9 Å². The minimum absolute atomic E-state index is 0.157. The molecule has 10 heteroatoms. The Bertz CT molecular complexity index is 1550. The molecule has 1 atom stereocenters. The second-order valence-corrected chi connectivity index (χ2v) is 10.9. The number of rotatable bonds is 8. The largest absolute Gasteiger partial charge is 0.395 e. The van der Waals surface area contributed by atoms with Gasteiger partial charge in [-0.05, 0) is 71.1 Å². The molecule has 4 N–H and O–H groups in total. The van der Waals surface area contributed by atoms with E-state index in [2.05, 4.69) is 39.4 Å². The van der Waals surface area contributed by atoms with Crippen LogP contribution < -0.4 is 16.2 Å². The molecule has 210 valence electrons. The van der Waals surface area contributed by atoms with Crippen molar-refractivity contribution in [1.29, 1.82) is 0 Å². The van der Waals surface area contributed by atoms with Crippen LogP contribution in [0, 0.1) is 0 Å². The number of aliphatic hydroxyl groups excluding tert-OH is 1. The highest BCUT2D eigenvalue weighted by atomic mass is 35.5. The molecule has 5 rings (SSSR count). The van der Waals surface area contributed by atoms with Gasteiger partial charge in [-0.15, -0.1) is 0 Å². The molecular weight excluding hydrogens is 577 g/mol. The van der Waals surface area contributed by atoms with Gasteiger partial charge >= 0.3 is 0 Å². The first-order chi connectivity index (χ1) is 19.9. The van der Waals surface area contributed by atoms with E-state index < -0.39 is 0 Å². The van der Waals surface area contributed by atoms with Gasteiger partial charge in [-0.1, -0.05) is 83.9 Å². The van der Waals surface area contributed by atoms with E-state index in [1.54, 1.807) is 11.0 Å². The van der Waals surface area contributed by atoms with Crippen molar-refractivity contribution in [3.63, 3.8) is 0 Å². The molecule has 0 radical (unpaired) electrons. The number of hydrogen-bond acceptors (Lipinski definition) is 5. The van der Waals surface area contributed by atoms with E-state index >= 15 is 0 Å². The number of fused-ring (bicyclic) bond motifs is 2. The maximum Gasteiger partial charge on any atom is 0.255 e. The van der Waals surface area contributed by atoms with Crippen LogP contribution in [0.4, 0.5) is 5.82 Å². The van der Waals surface area contributed by atoms with Gasteiger partial charge in [0.2, 0.25) is 0 Å². The lowest BCUT2D eigenvalue weighted by Gasteiger charge is -2.24. The Kier molecular flexibility index (Phi) is 9.36. The molecule has 0 spiro atoms. The minimum Gasteiger partial charge on any atom is -0.395 e. The van der Waals surface area contributed by atoms with Crippen molar-refractivity contribution < 1.29 is 9.90 Å². The zero-order chi connectivity index (χ0) is 28.8. The third-order valence-electron chi connectivity index (χ3n) is 6.98. The van der Waals surface area contributed by atoms with E-state index in [-0.39, 0.29) is 30.1 Å². The number of thiocarbonyl (C=S) groups is 1. The summed E-state index contributed by atoms with van der Waals surface area (Å²) in [6.45, 7) is 0.388. The van der Waals surface area contributed by atoms with E-state index in [1.807, 2.05) is 54.6 Å². The number of aliphatic hydroxyl groups is 1. The number of hydrazine groups is 1. The first kappa shape index (κ1) is 28.8. The van der Waals surface area contributed by atoms with Crippen LogP contribution in [-0.4, -0.2) is 39.2 Å². The molecule has 1 heterocycles. The second kappa shape index (κ2) is 13.3. The molecule has 0 bridgehead atoms. The summed E-state index contributed by atoms with van der Waals surface area (Å²) >= 11 is 18.5. The summed E-state index contributed by atoms with van der Waals surface area (Å²) in [6, 6.07) is 25.2. The number of hydrogen-bond donors (Lipinski definition) is 4. The average Bonchev–Trinajstić information content (AvgIpc) is 3.13. The van der Waals surface area contributed by atoms with E-state index in [9.17, 15) is 9.90 Å². The smallest absolute Gasteiger partial charge is 0.255 e. The monoisotopic (exact) mass is 605 g/mol. The number of nitrogens with zero attached hydrogens (tertiary/aromatic N) is 2. The first-order valence-electron chi connectivity index (χ1n) is 13.2. The van der Waals surface area contributed by atoms with Crippen molar-refractivity contribution in [1.82, 2.24) is 20.6 Å². The number of benzene rings is 3. The number of carbonyl (C=O) groups excluding carboxylic acids is 1. The molecular formula is C31H29Cl2N5O2S. The van der Waals surface area contributed by atoms with Gasteiger partial charge in [-0.25, -0.2) is 4.98 Å². The molecule has 1 unspecified atom stereocenters. The molecule has 1 amide bonds. The Hall–Kier alpha value is -3.69. The normalized spacial score (nSPS) is 13.8. The molecule has 4 aromatic rings. The lowest BCUT2D eigenvalue weighted by atomic mass is 9.95. The lowest BCUT2D eigenvalue weighted by Crippen LogP contribution is -2.41. The van der Waals surface area contributed by atoms with Crippen molar-refractivity contribution in [3.8, 4) is 0 Å². The Labute approximate surface area is 254 Å². The highest BCUT2D eigenvalue weighted by Crippen LogP contribution is 2.34. The van der Waals surface area contributed by atoms with Crippen LogP contribution in [0.1, 0.15) is 44.2 Å². The predicted octanol–water partition coefficient (Wildman–Crippen LogP) is 5.70. The fourth-order valence-corrected chi connectivity index (χ4v) is 5.55. The van der Waals surface area contributed by atoms with Crippen LogP contribution >= 0.6 is 35.4 Å². The van der Waals surface area contributed by atoms with Gasteiger partial charge in [0.25, 0.3) is 5.91 Å². The van der Waals surface area contributed by atoms with Gasteiger partial charge in [-0.3, -0.25) is 15.6 Å². The summed E-state index contributed by atoms with van der Waals surface area (Å²) in [7, 11) is 0. The molecule has 7 nitrogen and oxygen atoms in total. The van der Waals surface area contributed by atoms with Crippen molar-refractivity contribution in [2.45, 2.75) is 25.4 Å². The van der Waals surface area contributed by atoms with Crippen LogP contribution in [0.25, 0.3) is 0 Å². The summed E-state index contributed by atoms with van der Waals surface area (Å²) in [4.78, 5) is 19.1. The van der Waals surface area contributed by atoms with Crippen molar-refractivity contribution in [2.75, 3.05) is 18.6 Å². The Morgan fingerprint density at radius 1 is 0.976 bits per heavy atom. The number of amides is 1. The van der Waals surface area contributed by atoms with Crippen LogP contribution in [-0.2, 0) is 19.4 Å². The number of halogens is 2. The SMILES string of the molecule is O=C(c1cnc(NNC(=S)NC2c3ccccc3CCc3ccc(Cl)cc32)c(Cl)c1)N(CCO)Cc1ccccc1. The van der Waals surface area contributed by atoms with Crippen LogP contribution in [0.5, 0.6) is 0 Å². The number of aromatic nitrogens is 1. The number of aryl methyl sites for hydroxylation is 2. The minimum atomic E-state index is -0.279. The molecule has 1 aromatic heterocycles. The van der Waals surface area contributed by atoms with Gasteiger partial charge in [0.05, 0.1) is 23.2 Å². The standard InChI is InChI=1S/C31H29Cl2N5O2S/c32-24-13-12-22-11-10-21-8-4-5-9-25(21)28(26(22)17-24)35-31(41)37-36-29-27(33)16-23(18-34-29)30(40)38(14-15-39)19-20-6-2-1-3-7-20/h1-9,12-13,16-18,28,39H,10-11,14-15,19H2,(H,34,36)(H2,35,37,41). The average molecular weight is 607 g/mol. The number of carbonyl (C=O) groups is 1. The topological polar surface area (TPSA) is 89.5 Å². The molecule has 0 saturated carbocycles. The summed E-state index contributed by atoms with van der Waals surface area (Å²) < 4.78 is 0.